The second-order valence-electron chi connectivity index (χ2n) is 6.16. The fourth-order valence-electron chi connectivity index (χ4n) is 3.08. The third-order valence-corrected chi connectivity index (χ3v) is 5.49. The fraction of sp³-hybridized carbons (Fsp3) is 0.625. The molecule has 1 aliphatic carbocycles. The second kappa shape index (κ2) is 6.89. The van der Waals surface area contributed by atoms with Gasteiger partial charge in [-0.25, -0.2) is 9.97 Å². The van der Waals surface area contributed by atoms with Gasteiger partial charge in [0.1, 0.15) is 17.3 Å². The van der Waals surface area contributed by atoms with Gasteiger partial charge in [-0.2, -0.15) is 0 Å². The van der Waals surface area contributed by atoms with Crippen LogP contribution in [0.3, 0.4) is 0 Å². The molecule has 1 fully saturated rings. The molecule has 0 bridgehead atoms. The molecule has 0 aliphatic heterocycles. The van der Waals surface area contributed by atoms with Crippen molar-refractivity contribution < 1.29 is 4.74 Å². The monoisotopic (exact) mass is 320 g/mol. The van der Waals surface area contributed by atoms with Gasteiger partial charge in [-0.05, 0) is 58.8 Å². The van der Waals surface area contributed by atoms with E-state index in [9.17, 15) is 0 Å². The average Bonchev–Trinajstić information content (AvgIpc) is 2.92. The van der Waals surface area contributed by atoms with E-state index in [2.05, 4.69) is 35.0 Å². The van der Waals surface area contributed by atoms with Crippen molar-refractivity contribution in [2.75, 3.05) is 20.6 Å². The molecule has 5 nitrogen and oxygen atoms in total. The summed E-state index contributed by atoms with van der Waals surface area (Å²) in [7, 11) is 4.31. The van der Waals surface area contributed by atoms with E-state index in [1.54, 1.807) is 17.7 Å². The molecular weight excluding hydrogens is 296 g/mol. The van der Waals surface area contributed by atoms with E-state index in [0.717, 1.165) is 35.4 Å². The summed E-state index contributed by atoms with van der Waals surface area (Å²) in [5, 5.41) is 1.03. The van der Waals surface area contributed by atoms with Gasteiger partial charge in [0.05, 0.1) is 5.39 Å². The molecule has 1 saturated carbocycles. The molecule has 3 rings (SSSR count). The maximum atomic E-state index is 6.19. The van der Waals surface area contributed by atoms with Crippen LogP contribution in [-0.4, -0.2) is 47.7 Å². The Morgan fingerprint density at radius 1 is 1.27 bits per heavy atom. The van der Waals surface area contributed by atoms with Crippen LogP contribution >= 0.6 is 11.3 Å². The molecule has 22 heavy (non-hydrogen) atoms. The zero-order valence-electron chi connectivity index (χ0n) is 13.3. The third-order valence-electron chi connectivity index (χ3n) is 4.39. The standard InChI is InChI=1S/C16H24N4OS/c1-20(2)11-3-5-12(6-4-11)21-15-14-9-13(7-8-17)22-16(14)19-10-18-15/h9-12H,3-8,17H2,1-2H3/t11-,12-. The second-order valence-corrected chi connectivity index (χ2v) is 7.28. The fourth-order valence-corrected chi connectivity index (χ4v) is 4.08. The quantitative estimate of drug-likeness (QED) is 0.917. The van der Waals surface area contributed by atoms with E-state index in [-0.39, 0.29) is 6.10 Å². The Bertz CT molecular complexity index is 620. The Hall–Kier alpha value is -1.24. The van der Waals surface area contributed by atoms with Crippen LogP contribution in [0.1, 0.15) is 30.6 Å². The maximum absolute atomic E-state index is 6.19. The molecule has 0 unspecified atom stereocenters. The number of ether oxygens (including phenoxy) is 1. The molecule has 120 valence electrons. The van der Waals surface area contributed by atoms with Crippen LogP contribution in [0.25, 0.3) is 10.2 Å². The predicted octanol–water partition coefficient (Wildman–Crippen LogP) is 2.44. The molecule has 1 aliphatic rings. The van der Waals surface area contributed by atoms with Crippen LogP contribution in [0.4, 0.5) is 0 Å². The van der Waals surface area contributed by atoms with Crippen LogP contribution in [0.15, 0.2) is 12.4 Å². The highest BCUT2D eigenvalue weighted by atomic mass is 32.1. The molecule has 6 heteroatoms. The summed E-state index contributed by atoms with van der Waals surface area (Å²) in [5.41, 5.74) is 5.64. The first-order valence-electron chi connectivity index (χ1n) is 7.94. The minimum atomic E-state index is 0.271. The lowest BCUT2D eigenvalue weighted by molar-refractivity contribution is 0.108. The summed E-state index contributed by atoms with van der Waals surface area (Å²) in [6, 6.07) is 2.82. The first-order chi connectivity index (χ1) is 10.7. The molecule has 2 N–H and O–H groups in total. The molecule has 0 saturated heterocycles. The third kappa shape index (κ3) is 3.39. The summed E-state index contributed by atoms with van der Waals surface area (Å²) in [5.74, 6) is 0.734. The first-order valence-corrected chi connectivity index (χ1v) is 8.75. The van der Waals surface area contributed by atoms with Crippen LogP contribution < -0.4 is 10.5 Å². The number of fused-ring (bicyclic) bond motifs is 1. The van der Waals surface area contributed by atoms with Gasteiger partial charge >= 0.3 is 0 Å². The van der Waals surface area contributed by atoms with Crippen molar-refractivity contribution in [2.24, 2.45) is 5.73 Å². The lowest BCUT2D eigenvalue weighted by Crippen LogP contribution is -2.35. The molecule has 0 aromatic carbocycles. The van der Waals surface area contributed by atoms with Gasteiger partial charge in [0, 0.05) is 10.9 Å². The molecule has 0 spiro atoms. The van der Waals surface area contributed by atoms with E-state index >= 15 is 0 Å². The molecule has 0 amide bonds. The summed E-state index contributed by atoms with van der Waals surface area (Å²) < 4.78 is 6.19. The lowest BCUT2D eigenvalue weighted by Gasteiger charge is -2.32. The van der Waals surface area contributed by atoms with E-state index in [0.29, 0.717) is 12.6 Å². The van der Waals surface area contributed by atoms with Gasteiger partial charge in [0.15, 0.2) is 0 Å². The molecule has 2 aromatic rings. The van der Waals surface area contributed by atoms with E-state index in [1.807, 2.05) is 0 Å². The molecule has 2 heterocycles. The normalized spacial score (nSPS) is 22.4. The Balaban J connectivity index is 1.71. The van der Waals surface area contributed by atoms with Crippen molar-refractivity contribution in [1.82, 2.24) is 14.9 Å². The molecule has 2 aromatic heterocycles. The van der Waals surface area contributed by atoms with Crippen molar-refractivity contribution in [1.29, 1.82) is 0 Å². The number of nitrogens with zero attached hydrogens (tertiary/aromatic N) is 3. The van der Waals surface area contributed by atoms with E-state index in [1.165, 1.54) is 17.7 Å². The number of hydrogen-bond acceptors (Lipinski definition) is 6. The highest BCUT2D eigenvalue weighted by Crippen LogP contribution is 2.32. The minimum absolute atomic E-state index is 0.271. The minimum Gasteiger partial charge on any atom is -0.474 e. The predicted molar refractivity (Wildman–Crippen MR) is 90.5 cm³/mol. The average molecular weight is 320 g/mol. The van der Waals surface area contributed by atoms with E-state index in [4.69, 9.17) is 10.5 Å². The topological polar surface area (TPSA) is 64.3 Å². The van der Waals surface area contributed by atoms with Crippen molar-refractivity contribution in [3.63, 3.8) is 0 Å². The largest absolute Gasteiger partial charge is 0.474 e. The Morgan fingerprint density at radius 2 is 2.05 bits per heavy atom. The van der Waals surface area contributed by atoms with Crippen LogP contribution in [0.2, 0.25) is 0 Å². The smallest absolute Gasteiger partial charge is 0.225 e. The molecular formula is C16H24N4OS. The molecule has 0 atom stereocenters. The van der Waals surface area contributed by atoms with Gasteiger partial charge in [-0.15, -0.1) is 11.3 Å². The van der Waals surface area contributed by atoms with Gasteiger partial charge in [0.2, 0.25) is 5.88 Å². The summed E-state index contributed by atoms with van der Waals surface area (Å²) in [6.07, 6.45) is 7.32. The van der Waals surface area contributed by atoms with Gasteiger partial charge in [0.25, 0.3) is 0 Å². The van der Waals surface area contributed by atoms with E-state index < -0.39 is 0 Å². The first kappa shape index (κ1) is 15.6. The van der Waals surface area contributed by atoms with Gasteiger partial charge < -0.3 is 15.4 Å². The summed E-state index contributed by atoms with van der Waals surface area (Å²) in [6.45, 7) is 0.658. The van der Waals surface area contributed by atoms with Gasteiger partial charge in [-0.3, -0.25) is 0 Å². The van der Waals surface area contributed by atoms with Crippen LogP contribution in [0.5, 0.6) is 5.88 Å². The summed E-state index contributed by atoms with van der Waals surface area (Å²) >= 11 is 1.68. The highest BCUT2D eigenvalue weighted by molar-refractivity contribution is 7.18. The van der Waals surface area contributed by atoms with Crippen LogP contribution in [-0.2, 0) is 6.42 Å². The number of nitrogens with two attached hydrogens (primary N) is 1. The van der Waals surface area contributed by atoms with Crippen molar-refractivity contribution in [3.8, 4) is 5.88 Å². The SMILES string of the molecule is CN(C)[C@H]1CC[C@H](Oc2ncnc3sc(CCN)cc23)CC1. The highest BCUT2D eigenvalue weighted by Gasteiger charge is 2.24. The Morgan fingerprint density at radius 3 is 2.73 bits per heavy atom. The number of aromatic nitrogens is 2. The van der Waals surface area contributed by atoms with Crippen LogP contribution in [0, 0.1) is 0 Å². The zero-order chi connectivity index (χ0) is 15.5. The number of thiophene rings is 1. The molecule has 0 radical (unpaired) electrons. The maximum Gasteiger partial charge on any atom is 0.225 e. The Kier molecular flexibility index (Phi) is 4.90. The number of rotatable bonds is 5. The zero-order valence-corrected chi connectivity index (χ0v) is 14.1. The lowest BCUT2D eigenvalue weighted by atomic mass is 9.92. The van der Waals surface area contributed by atoms with Crippen molar-refractivity contribution >= 4 is 21.6 Å². The van der Waals surface area contributed by atoms with Gasteiger partial charge in [-0.1, -0.05) is 0 Å². The number of hydrogen-bond donors (Lipinski definition) is 1. The van der Waals surface area contributed by atoms with Crippen molar-refractivity contribution in [3.05, 3.63) is 17.3 Å². The van der Waals surface area contributed by atoms with Crippen molar-refractivity contribution in [2.45, 2.75) is 44.2 Å². The Labute approximate surface area is 135 Å². The summed E-state index contributed by atoms with van der Waals surface area (Å²) in [4.78, 5) is 13.3.